The van der Waals surface area contributed by atoms with Crippen molar-refractivity contribution in [1.29, 1.82) is 0 Å². The van der Waals surface area contributed by atoms with E-state index in [-0.39, 0.29) is 0 Å². The zero-order valence-corrected chi connectivity index (χ0v) is 14.9. The summed E-state index contributed by atoms with van der Waals surface area (Å²) < 4.78 is 14.8. The molecule has 0 spiro atoms. The van der Waals surface area contributed by atoms with Crippen LogP contribution in [0.2, 0.25) is 5.02 Å². The molecule has 0 heterocycles. The van der Waals surface area contributed by atoms with E-state index in [2.05, 4.69) is 15.9 Å². The Kier molecular flexibility index (Phi) is 4.54. The summed E-state index contributed by atoms with van der Waals surface area (Å²) in [5, 5.41) is 2.99. The van der Waals surface area contributed by atoms with Gasteiger partial charge >= 0.3 is 0 Å². The van der Waals surface area contributed by atoms with E-state index in [1.807, 2.05) is 66.7 Å². The maximum absolute atomic E-state index is 14.1. The zero-order valence-electron chi connectivity index (χ0n) is 11.6. The predicted molar refractivity (Wildman–Crippen MR) is 98.5 cm³/mol. The van der Waals surface area contributed by atoms with Crippen molar-refractivity contribution in [3.8, 4) is 0 Å². The molecule has 0 radical (unpaired) electrons. The van der Waals surface area contributed by atoms with Crippen LogP contribution in [0.4, 0.5) is 0 Å². The van der Waals surface area contributed by atoms with Gasteiger partial charge in [-0.3, -0.25) is 0 Å². The number of hydrogen-bond donors (Lipinski definition) is 0. The summed E-state index contributed by atoms with van der Waals surface area (Å²) in [5.74, 6) is 0. The van der Waals surface area contributed by atoms with Crippen LogP contribution in [0.5, 0.6) is 0 Å². The van der Waals surface area contributed by atoms with Crippen LogP contribution in [-0.2, 0) is 4.57 Å². The molecule has 0 aliphatic carbocycles. The predicted octanol–water partition coefficient (Wildman–Crippen LogP) is 4.74. The van der Waals surface area contributed by atoms with Crippen molar-refractivity contribution < 1.29 is 4.57 Å². The van der Waals surface area contributed by atoms with Gasteiger partial charge in [-0.1, -0.05) is 72.3 Å². The second kappa shape index (κ2) is 6.42. The first kappa shape index (κ1) is 15.6. The van der Waals surface area contributed by atoms with E-state index in [1.165, 1.54) is 0 Å². The summed E-state index contributed by atoms with van der Waals surface area (Å²) in [6.07, 6.45) is 0. The molecule has 0 aliphatic rings. The molecule has 3 aromatic rings. The number of benzene rings is 3. The average molecular weight is 392 g/mol. The first-order valence-electron chi connectivity index (χ1n) is 6.79. The van der Waals surface area contributed by atoms with Crippen molar-refractivity contribution in [2.24, 2.45) is 0 Å². The first-order valence-corrected chi connectivity index (χ1v) is 9.67. The minimum Gasteiger partial charge on any atom is -0.309 e. The normalized spacial score (nSPS) is 11.4. The van der Waals surface area contributed by atoms with Crippen LogP contribution >= 0.6 is 34.7 Å². The van der Waals surface area contributed by atoms with Crippen LogP contribution in [0.15, 0.2) is 83.3 Å². The molecule has 3 rings (SSSR count). The van der Waals surface area contributed by atoms with Crippen molar-refractivity contribution in [3.05, 3.63) is 88.4 Å². The van der Waals surface area contributed by atoms with E-state index >= 15 is 0 Å². The lowest BCUT2D eigenvalue weighted by atomic mass is 10.3. The SMILES string of the molecule is O=P(c1ccccc1)(c1ccccc1)c1ccc(Cl)cc1Br. The molecule has 0 atom stereocenters. The van der Waals surface area contributed by atoms with Gasteiger partial charge in [-0.25, -0.2) is 0 Å². The fourth-order valence-corrected chi connectivity index (χ4v) is 6.56. The van der Waals surface area contributed by atoms with Crippen LogP contribution in [0.1, 0.15) is 0 Å². The van der Waals surface area contributed by atoms with Crippen LogP contribution < -0.4 is 15.9 Å². The minimum atomic E-state index is -2.94. The van der Waals surface area contributed by atoms with E-state index < -0.39 is 7.14 Å². The number of halogens is 2. The Morgan fingerprint density at radius 3 is 1.73 bits per heavy atom. The molecule has 4 heteroatoms. The van der Waals surface area contributed by atoms with Crippen molar-refractivity contribution in [1.82, 2.24) is 0 Å². The Morgan fingerprint density at radius 2 is 1.27 bits per heavy atom. The lowest BCUT2D eigenvalue weighted by molar-refractivity contribution is 0.592. The molecule has 0 amide bonds. The third-order valence-electron chi connectivity index (χ3n) is 3.49. The topological polar surface area (TPSA) is 17.1 Å². The van der Waals surface area contributed by atoms with Crippen LogP contribution in [0, 0.1) is 0 Å². The van der Waals surface area contributed by atoms with Crippen LogP contribution in [-0.4, -0.2) is 0 Å². The third kappa shape index (κ3) is 2.79. The molecule has 0 fully saturated rings. The lowest BCUT2D eigenvalue weighted by Gasteiger charge is -2.21. The lowest BCUT2D eigenvalue weighted by Crippen LogP contribution is -2.25. The van der Waals surface area contributed by atoms with Crippen LogP contribution in [0.3, 0.4) is 0 Å². The molecule has 0 N–H and O–H groups in total. The van der Waals surface area contributed by atoms with E-state index in [9.17, 15) is 4.57 Å². The monoisotopic (exact) mass is 390 g/mol. The summed E-state index contributed by atoms with van der Waals surface area (Å²) in [6, 6.07) is 24.6. The van der Waals surface area contributed by atoms with Crippen molar-refractivity contribution >= 4 is 50.6 Å². The fourth-order valence-electron chi connectivity index (χ4n) is 2.44. The maximum Gasteiger partial charge on any atom is 0.172 e. The fraction of sp³-hybridized carbons (Fsp3) is 0. The Hall–Kier alpha value is -1.34. The summed E-state index contributed by atoms with van der Waals surface area (Å²) in [4.78, 5) is 0. The standard InChI is InChI=1S/C18H13BrClOP/c19-17-13-14(20)11-12-18(17)22(21,15-7-3-1-4-8-15)16-9-5-2-6-10-16/h1-13H. The molecule has 22 heavy (non-hydrogen) atoms. The van der Waals surface area contributed by atoms with Crippen molar-refractivity contribution in [3.63, 3.8) is 0 Å². The van der Waals surface area contributed by atoms with Gasteiger partial charge in [0.2, 0.25) is 0 Å². The molecule has 110 valence electrons. The Labute approximate surface area is 143 Å². The molecule has 0 saturated carbocycles. The summed E-state index contributed by atoms with van der Waals surface area (Å²) in [7, 11) is -2.94. The molecule has 0 saturated heterocycles. The van der Waals surface area contributed by atoms with Gasteiger partial charge in [0.15, 0.2) is 7.14 Å². The largest absolute Gasteiger partial charge is 0.309 e. The molecule has 0 aromatic heterocycles. The molecular formula is C18H13BrClOP. The zero-order chi connectivity index (χ0) is 15.6. The molecule has 1 nitrogen and oxygen atoms in total. The second-order valence-corrected chi connectivity index (χ2v) is 8.90. The highest BCUT2D eigenvalue weighted by Gasteiger charge is 2.31. The third-order valence-corrected chi connectivity index (χ3v) is 7.81. The highest BCUT2D eigenvalue weighted by atomic mass is 79.9. The molecule has 3 aromatic carbocycles. The average Bonchev–Trinajstić information content (AvgIpc) is 2.56. The van der Waals surface area contributed by atoms with E-state index in [1.54, 1.807) is 12.1 Å². The van der Waals surface area contributed by atoms with Crippen molar-refractivity contribution in [2.45, 2.75) is 0 Å². The van der Waals surface area contributed by atoms with E-state index in [0.717, 1.165) is 20.4 Å². The van der Waals surface area contributed by atoms with E-state index in [4.69, 9.17) is 11.6 Å². The minimum absolute atomic E-state index is 0.614. The number of rotatable bonds is 3. The van der Waals surface area contributed by atoms with E-state index in [0.29, 0.717) is 5.02 Å². The Balaban J connectivity index is 2.31. The number of hydrogen-bond acceptors (Lipinski definition) is 1. The molecule has 0 aliphatic heterocycles. The summed E-state index contributed by atoms with van der Waals surface area (Å²) >= 11 is 9.56. The van der Waals surface area contributed by atoms with Gasteiger partial charge in [-0.05, 0) is 34.1 Å². The smallest absolute Gasteiger partial charge is 0.172 e. The first-order chi connectivity index (χ1) is 10.6. The van der Waals surface area contributed by atoms with Gasteiger partial charge in [0, 0.05) is 25.4 Å². The van der Waals surface area contributed by atoms with Crippen LogP contribution in [0.25, 0.3) is 0 Å². The summed E-state index contributed by atoms with van der Waals surface area (Å²) in [5.41, 5.74) is 0. The molecule has 0 unspecified atom stereocenters. The quantitative estimate of drug-likeness (QED) is 0.589. The highest BCUT2D eigenvalue weighted by Crippen LogP contribution is 2.44. The molecule has 0 bridgehead atoms. The van der Waals surface area contributed by atoms with Gasteiger partial charge in [-0.15, -0.1) is 0 Å². The molecular weight excluding hydrogens is 379 g/mol. The van der Waals surface area contributed by atoms with Gasteiger partial charge in [0.05, 0.1) is 0 Å². The second-order valence-electron chi connectivity index (χ2n) is 4.88. The van der Waals surface area contributed by atoms with Gasteiger partial charge in [0.25, 0.3) is 0 Å². The Morgan fingerprint density at radius 1 is 0.773 bits per heavy atom. The van der Waals surface area contributed by atoms with Gasteiger partial charge in [0.1, 0.15) is 0 Å². The van der Waals surface area contributed by atoms with Crippen molar-refractivity contribution in [2.75, 3.05) is 0 Å². The maximum atomic E-state index is 14.1. The van der Waals surface area contributed by atoms with Gasteiger partial charge in [-0.2, -0.15) is 0 Å². The Bertz CT molecular complexity index is 791. The summed E-state index contributed by atoms with van der Waals surface area (Å²) in [6.45, 7) is 0. The van der Waals surface area contributed by atoms with Gasteiger partial charge < -0.3 is 4.57 Å². The highest BCUT2D eigenvalue weighted by molar-refractivity contribution is 9.10.